The van der Waals surface area contributed by atoms with Gasteiger partial charge in [-0.2, -0.15) is 5.10 Å². The van der Waals surface area contributed by atoms with Gasteiger partial charge in [-0.3, -0.25) is 4.68 Å². The molecular formula is C17H12Cl2F2N4S. The fourth-order valence-corrected chi connectivity index (χ4v) is 2.76. The second-order valence-electron chi connectivity index (χ2n) is 5.38. The third-order valence-corrected chi connectivity index (χ3v) is 4.34. The quantitative estimate of drug-likeness (QED) is 0.568. The molecule has 2 N–H and O–H groups in total. The molecule has 0 aliphatic carbocycles. The lowest BCUT2D eigenvalue weighted by molar-refractivity contribution is 0.586. The van der Waals surface area contributed by atoms with Crippen molar-refractivity contribution < 1.29 is 8.78 Å². The molecule has 4 nitrogen and oxygen atoms in total. The average Bonchev–Trinajstić information content (AvgIpc) is 3.00. The zero-order valence-corrected chi connectivity index (χ0v) is 15.5. The van der Waals surface area contributed by atoms with E-state index < -0.39 is 11.6 Å². The van der Waals surface area contributed by atoms with Gasteiger partial charge in [-0.15, -0.1) is 0 Å². The largest absolute Gasteiger partial charge is 0.330 e. The molecule has 3 rings (SSSR count). The van der Waals surface area contributed by atoms with Crippen LogP contribution in [0.3, 0.4) is 0 Å². The maximum atomic E-state index is 13.6. The molecule has 26 heavy (non-hydrogen) atoms. The van der Waals surface area contributed by atoms with Gasteiger partial charge in [0, 0.05) is 12.3 Å². The van der Waals surface area contributed by atoms with Crippen molar-refractivity contribution in [1.82, 2.24) is 9.78 Å². The number of nitrogens with one attached hydrogen (secondary N) is 2. The number of benzene rings is 2. The van der Waals surface area contributed by atoms with E-state index in [0.717, 1.165) is 17.7 Å². The topological polar surface area (TPSA) is 41.9 Å². The summed E-state index contributed by atoms with van der Waals surface area (Å²) in [6.45, 7) is 0.491. The molecule has 1 heterocycles. The highest BCUT2D eigenvalue weighted by Gasteiger charge is 2.07. The fourth-order valence-electron chi connectivity index (χ4n) is 2.22. The molecule has 2 aromatic carbocycles. The Balaban J connectivity index is 1.62. The van der Waals surface area contributed by atoms with Gasteiger partial charge in [0.15, 0.2) is 5.11 Å². The van der Waals surface area contributed by atoms with E-state index in [0.29, 0.717) is 22.3 Å². The molecule has 0 aliphatic heterocycles. The van der Waals surface area contributed by atoms with Crippen LogP contribution in [-0.2, 0) is 6.54 Å². The molecule has 0 saturated carbocycles. The maximum Gasteiger partial charge on any atom is 0.175 e. The number of hydrogen-bond donors (Lipinski definition) is 2. The Hall–Kier alpha value is -2.22. The van der Waals surface area contributed by atoms with Gasteiger partial charge < -0.3 is 10.6 Å². The monoisotopic (exact) mass is 412 g/mol. The SMILES string of the molecule is Fc1ccc(NC(=S)Nc2cnn(Cc3ccc(Cl)c(Cl)c3)c2)c(F)c1. The van der Waals surface area contributed by atoms with Crippen molar-refractivity contribution in [3.8, 4) is 0 Å². The minimum Gasteiger partial charge on any atom is -0.330 e. The number of anilines is 2. The van der Waals surface area contributed by atoms with Gasteiger partial charge in [0.25, 0.3) is 0 Å². The van der Waals surface area contributed by atoms with E-state index in [2.05, 4.69) is 15.7 Å². The van der Waals surface area contributed by atoms with Crippen LogP contribution in [0.2, 0.25) is 10.0 Å². The second-order valence-corrected chi connectivity index (χ2v) is 6.60. The van der Waals surface area contributed by atoms with Gasteiger partial charge in [-0.25, -0.2) is 8.78 Å². The lowest BCUT2D eigenvalue weighted by atomic mass is 10.2. The summed E-state index contributed by atoms with van der Waals surface area (Å²) in [7, 11) is 0. The van der Waals surface area contributed by atoms with Gasteiger partial charge in [-0.1, -0.05) is 29.3 Å². The standard InChI is InChI=1S/C17H12Cl2F2N4S/c18-13-3-1-10(5-14(13)19)8-25-9-12(7-22-25)23-17(26)24-16-4-2-11(20)6-15(16)21/h1-7,9H,8H2,(H2,23,24,26). The predicted molar refractivity (Wildman–Crippen MR) is 104 cm³/mol. The fraction of sp³-hybridized carbons (Fsp3) is 0.0588. The first-order valence-corrected chi connectivity index (χ1v) is 8.56. The van der Waals surface area contributed by atoms with Crippen LogP contribution < -0.4 is 10.6 Å². The molecule has 0 spiro atoms. The molecule has 0 aliphatic rings. The first kappa shape index (κ1) is 18.6. The molecule has 0 bridgehead atoms. The molecular weight excluding hydrogens is 401 g/mol. The molecule has 0 unspecified atom stereocenters. The minimum atomic E-state index is -0.732. The Kier molecular flexibility index (Phi) is 5.70. The summed E-state index contributed by atoms with van der Waals surface area (Å²) in [6, 6.07) is 8.53. The molecule has 134 valence electrons. The Morgan fingerprint density at radius 1 is 1.08 bits per heavy atom. The number of halogens is 4. The van der Waals surface area contributed by atoms with Gasteiger partial charge in [0.1, 0.15) is 11.6 Å². The van der Waals surface area contributed by atoms with Crippen LogP contribution >= 0.6 is 35.4 Å². The van der Waals surface area contributed by atoms with Crippen LogP contribution in [0.4, 0.5) is 20.2 Å². The summed E-state index contributed by atoms with van der Waals surface area (Å²) in [5, 5.41) is 10.9. The van der Waals surface area contributed by atoms with Crippen LogP contribution in [0.15, 0.2) is 48.8 Å². The molecule has 0 fully saturated rings. The summed E-state index contributed by atoms with van der Waals surface area (Å²) in [4.78, 5) is 0. The van der Waals surface area contributed by atoms with E-state index in [1.807, 2.05) is 6.07 Å². The number of thiocarbonyl (C=S) groups is 1. The first-order valence-electron chi connectivity index (χ1n) is 7.40. The smallest absolute Gasteiger partial charge is 0.175 e. The first-order chi connectivity index (χ1) is 12.4. The van der Waals surface area contributed by atoms with Gasteiger partial charge in [0.2, 0.25) is 0 Å². The van der Waals surface area contributed by atoms with E-state index >= 15 is 0 Å². The zero-order valence-electron chi connectivity index (χ0n) is 13.1. The minimum absolute atomic E-state index is 0.0760. The van der Waals surface area contributed by atoms with E-state index in [1.165, 1.54) is 6.07 Å². The molecule has 0 radical (unpaired) electrons. The lowest BCUT2D eigenvalue weighted by Gasteiger charge is -2.09. The molecule has 0 amide bonds. The van der Waals surface area contributed by atoms with E-state index in [9.17, 15) is 8.78 Å². The van der Waals surface area contributed by atoms with Crippen molar-refractivity contribution in [3.05, 3.63) is 76.0 Å². The van der Waals surface area contributed by atoms with Crippen LogP contribution in [0.1, 0.15) is 5.56 Å². The van der Waals surface area contributed by atoms with Crippen LogP contribution in [0.5, 0.6) is 0 Å². The van der Waals surface area contributed by atoms with E-state index in [4.69, 9.17) is 35.4 Å². The second kappa shape index (κ2) is 7.99. The third kappa shape index (κ3) is 4.69. The summed E-state index contributed by atoms with van der Waals surface area (Å²) in [5.74, 6) is -1.39. The number of nitrogens with zero attached hydrogens (tertiary/aromatic N) is 2. The zero-order chi connectivity index (χ0) is 18.7. The molecule has 0 saturated heterocycles. The summed E-state index contributed by atoms with van der Waals surface area (Å²) in [6.07, 6.45) is 3.31. The molecule has 0 atom stereocenters. The molecule has 3 aromatic rings. The van der Waals surface area contributed by atoms with Gasteiger partial charge in [0.05, 0.1) is 34.2 Å². The van der Waals surface area contributed by atoms with E-state index in [1.54, 1.807) is 29.2 Å². The van der Waals surface area contributed by atoms with Crippen molar-refractivity contribution in [1.29, 1.82) is 0 Å². The molecule has 1 aromatic heterocycles. The molecule has 9 heteroatoms. The van der Waals surface area contributed by atoms with Crippen molar-refractivity contribution >= 4 is 51.9 Å². The summed E-state index contributed by atoms with van der Waals surface area (Å²) >= 11 is 17.0. The van der Waals surface area contributed by atoms with E-state index in [-0.39, 0.29) is 10.8 Å². The highest BCUT2D eigenvalue weighted by molar-refractivity contribution is 7.80. The number of aromatic nitrogens is 2. The highest BCUT2D eigenvalue weighted by Crippen LogP contribution is 2.23. The Bertz CT molecular complexity index is 962. The van der Waals surface area contributed by atoms with Crippen LogP contribution in [-0.4, -0.2) is 14.9 Å². The van der Waals surface area contributed by atoms with Crippen LogP contribution in [0, 0.1) is 11.6 Å². The highest BCUT2D eigenvalue weighted by atomic mass is 35.5. The van der Waals surface area contributed by atoms with Crippen molar-refractivity contribution in [2.24, 2.45) is 0 Å². The van der Waals surface area contributed by atoms with Gasteiger partial charge >= 0.3 is 0 Å². The Morgan fingerprint density at radius 2 is 1.88 bits per heavy atom. The third-order valence-electron chi connectivity index (χ3n) is 3.40. The van der Waals surface area contributed by atoms with Crippen molar-refractivity contribution in [2.45, 2.75) is 6.54 Å². The van der Waals surface area contributed by atoms with Crippen molar-refractivity contribution in [2.75, 3.05) is 10.6 Å². The van der Waals surface area contributed by atoms with Crippen LogP contribution in [0.25, 0.3) is 0 Å². The number of rotatable bonds is 4. The lowest BCUT2D eigenvalue weighted by Crippen LogP contribution is -2.19. The summed E-state index contributed by atoms with van der Waals surface area (Å²) < 4.78 is 28.2. The predicted octanol–water partition coefficient (Wildman–Crippen LogP) is 5.33. The Labute approximate surface area is 163 Å². The summed E-state index contributed by atoms with van der Waals surface area (Å²) in [5.41, 5.74) is 1.63. The Morgan fingerprint density at radius 3 is 2.62 bits per heavy atom. The normalized spacial score (nSPS) is 10.6. The average molecular weight is 413 g/mol. The maximum absolute atomic E-state index is 13.6. The van der Waals surface area contributed by atoms with Crippen molar-refractivity contribution in [3.63, 3.8) is 0 Å². The number of hydrogen-bond acceptors (Lipinski definition) is 2. The van der Waals surface area contributed by atoms with Gasteiger partial charge in [-0.05, 0) is 42.0 Å².